The third-order valence-corrected chi connectivity index (χ3v) is 2.38. The van der Waals surface area contributed by atoms with Crippen molar-refractivity contribution >= 4 is 13.3 Å². The summed E-state index contributed by atoms with van der Waals surface area (Å²) in [7, 11) is -1.93. The highest BCUT2D eigenvalue weighted by Crippen LogP contribution is 2.38. The van der Waals surface area contributed by atoms with Crippen LogP contribution >= 0.6 is 7.60 Å². The predicted octanol–water partition coefficient (Wildman–Crippen LogP) is 1.61. The van der Waals surface area contributed by atoms with Crippen molar-refractivity contribution in [3.8, 4) is 5.75 Å². The van der Waals surface area contributed by atoms with Gasteiger partial charge in [-0.3, -0.25) is 4.57 Å². The number of hydrogen-bond acceptors (Lipinski definition) is 4. The van der Waals surface area contributed by atoms with E-state index in [2.05, 4.69) is 0 Å². The van der Waals surface area contributed by atoms with Crippen LogP contribution in [-0.2, 0) is 15.7 Å². The maximum absolute atomic E-state index is 10.9. The van der Waals surface area contributed by atoms with Crippen LogP contribution in [0.3, 0.4) is 0 Å². The zero-order valence-corrected chi connectivity index (χ0v) is 9.53. The smallest absolute Gasteiger partial charge is 0.325 e. The SMILES string of the molecule is COc1cc(COP(C)(=O)O)ccc1N. The molecule has 0 saturated carbocycles. The van der Waals surface area contributed by atoms with Gasteiger partial charge in [0, 0.05) is 6.66 Å². The first-order valence-corrected chi connectivity index (χ1v) is 6.32. The molecule has 0 fully saturated rings. The molecule has 0 aliphatic heterocycles. The highest BCUT2D eigenvalue weighted by Gasteiger charge is 2.10. The van der Waals surface area contributed by atoms with Gasteiger partial charge in [0.15, 0.2) is 0 Å². The van der Waals surface area contributed by atoms with Crippen LogP contribution in [0.15, 0.2) is 18.2 Å². The Morgan fingerprint density at radius 1 is 1.53 bits per heavy atom. The summed E-state index contributed by atoms with van der Waals surface area (Å²) in [6.45, 7) is 1.20. The molecule has 84 valence electrons. The highest BCUT2D eigenvalue weighted by atomic mass is 31.2. The van der Waals surface area contributed by atoms with E-state index in [1.807, 2.05) is 0 Å². The minimum Gasteiger partial charge on any atom is -0.495 e. The minimum atomic E-state index is -3.44. The maximum Gasteiger partial charge on any atom is 0.325 e. The van der Waals surface area contributed by atoms with Gasteiger partial charge in [0.05, 0.1) is 19.4 Å². The summed E-state index contributed by atoms with van der Waals surface area (Å²) in [6, 6.07) is 5.05. The zero-order chi connectivity index (χ0) is 11.5. The van der Waals surface area contributed by atoms with E-state index in [9.17, 15) is 4.57 Å². The Hall–Kier alpha value is -1.03. The van der Waals surface area contributed by atoms with E-state index in [4.69, 9.17) is 19.9 Å². The summed E-state index contributed by atoms with van der Waals surface area (Å²) in [5.41, 5.74) is 6.86. The molecule has 0 aliphatic rings. The van der Waals surface area contributed by atoms with Crippen molar-refractivity contribution in [3.05, 3.63) is 23.8 Å². The van der Waals surface area contributed by atoms with E-state index in [0.717, 1.165) is 12.2 Å². The normalized spacial score (nSPS) is 14.6. The van der Waals surface area contributed by atoms with Gasteiger partial charge in [0.25, 0.3) is 0 Å². The monoisotopic (exact) mass is 231 g/mol. The largest absolute Gasteiger partial charge is 0.495 e. The first kappa shape index (κ1) is 12.0. The fourth-order valence-electron chi connectivity index (χ4n) is 1.04. The van der Waals surface area contributed by atoms with Gasteiger partial charge >= 0.3 is 7.60 Å². The first-order chi connectivity index (χ1) is 6.92. The third kappa shape index (κ3) is 3.91. The molecule has 1 rings (SSSR count). The van der Waals surface area contributed by atoms with E-state index in [1.165, 1.54) is 7.11 Å². The molecule has 0 aliphatic carbocycles. The van der Waals surface area contributed by atoms with E-state index in [1.54, 1.807) is 18.2 Å². The molecule has 0 heterocycles. The summed E-state index contributed by atoms with van der Waals surface area (Å²) in [5.74, 6) is 0.528. The molecule has 0 saturated heterocycles. The Balaban J connectivity index is 2.75. The fraction of sp³-hybridized carbons (Fsp3) is 0.333. The average molecular weight is 231 g/mol. The molecule has 0 amide bonds. The highest BCUT2D eigenvalue weighted by molar-refractivity contribution is 7.51. The summed E-state index contributed by atoms with van der Waals surface area (Å²) in [4.78, 5) is 8.94. The van der Waals surface area contributed by atoms with Crippen LogP contribution in [0, 0.1) is 0 Å². The van der Waals surface area contributed by atoms with Crippen molar-refractivity contribution in [2.75, 3.05) is 19.5 Å². The zero-order valence-electron chi connectivity index (χ0n) is 8.64. The number of rotatable bonds is 4. The van der Waals surface area contributed by atoms with Gasteiger partial charge in [0.1, 0.15) is 5.75 Å². The Kier molecular flexibility index (Phi) is 3.74. The Morgan fingerprint density at radius 2 is 2.20 bits per heavy atom. The average Bonchev–Trinajstić information content (AvgIpc) is 2.15. The molecule has 0 bridgehead atoms. The van der Waals surface area contributed by atoms with Crippen molar-refractivity contribution in [2.45, 2.75) is 6.61 Å². The quantitative estimate of drug-likeness (QED) is 0.607. The van der Waals surface area contributed by atoms with Crippen LogP contribution in [0.4, 0.5) is 5.69 Å². The summed E-state index contributed by atoms with van der Waals surface area (Å²) < 4.78 is 20.7. The number of nitrogen functional groups attached to an aromatic ring is 1. The number of ether oxygens (including phenoxy) is 1. The number of hydrogen-bond donors (Lipinski definition) is 2. The first-order valence-electron chi connectivity index (χ1n) is 4.29. The molecule has 0 aromatic heterocycles. The van der Waals surface area contributed by atoms with Crippen LogP contribution in [0.25, 0.3) is 0 Å². The molecule has 3 N–H and O–H groups in total. The Morgan fingerprint density at radius 3 is 2.73 bits per heavy atom. The number of benzene rings is 1. The van der Waals surface area contributed by atoms with Crippen LogP contribution in [0.1, 0.15) is 5.56 Å². The second kappa shape index (κ2) is 4.66. The number of anilines is 1. The molecule has 0 radical (unpaired) electrons. The van der Waals surface area contributed by atoms with Crippen molar-refractivity contribution in [2.24, 2.45) is 0 Å². The van der Waals surface area contributed by atoms with Gasteiger partial charge in [0.2, 0.25) is 0 Å². The molecular weight excluding hydrogens is 217 g/mol. The van der Waals surface area contributed by atoms with Gasteiger partial charge in [-0.25, -0.2) is 0 Å². The van der Waals surface area contributed by atoms with Crippen molar-refractivity contribution in [1.29, 1.82) is 0 Å². The number of nitrogens with two attached hydrogens (primary N) is 1. The lowest BCUT2D eigenvalue weighted by Gasteiger charge is -2.09. The van der Waals surface area contributed by atoms with Crippen LogP contribution in [0.5, 0.6) is 5.75 Å². The predicted molar refractivity (Wildman–Crippen MR) is 57.9 cm³/mol. The van der Waals surface area contributed by atoms with Crippen molar-refractivity contribution in [3.63, 3.8) is 0 Å². The van der Waals surface area contributed by atoms with Crippen molar-refractivity contribution < 1.29 is 18.7 Å². The molecule has 6 heteroatoms. The lowest BCUT2D eigenvalue weighted by molar-refractivity contribution is 0.255. The summed E-state index contributed by atoms with van der Waals surface area (Å²) >= 11 is 0. The molecule has 1 aromatic rings. The second-order valence-electron chi connectivity index (χ2n) is 3.15. The summed E-state index contributed by atoms with van der Waals surface area (Å²) in [6.07, 6.45) is 0. The summed E-state index contributed by atoms with van der Waals surface area (Å²) in [5, 5.41) is 0. The third-order valence-electron chi connectivity index (χ3n) is 1.77. The van der Waals surface area contributed by atoms with Gasteiger partial charge in [-0.05, 0) is 17.7 Å². The molecule has 0 spiro atoms. The van der Waals surface area contributed by atoms with Crippen LogP contribution in [-0.4, -0.2) is 18.7 Å². The van der Waals surface area contributed by atoms with Crippen LogP contribution < -0.4 is 10.5 Å². The van der Waals surface area contributed by atoms with E-state index < -0.39 is 7.60 Å². The lowest BCUT2D eigenvalue weighted by atomic mass is 10.2. The minimum absolute atomic E-state index is 0.0565. The fourth-order valence-corrected chi connectivity index (χ4v) is 1.43. The second-order valence-corrected chi connectivity index (χ2v) is 5.02. The standard InChI is InChI=1S/C9H14NO4P/c1-13-9-5-7(3-4-8(9)10)6-14-15(2,11)12/h3-5H,6,10H2,1-2H3,(H,11,12). The molecule has 15 heavy (non-hydrogen) atoms. The molecule has 5 nitrogen and oxygen atoms in total. The van der Waals surface area contributed by atoms with E-state index in [-0.39, 0.29) is 6.61 Å². The Bertz CT molecular complexity index is 388. The molecule has 1 unspecified atom stereocenters. The van der Waals surface area contributed by atoms with Crippen LogP contribution in [0.2, 0.25) is 0 Å². The van der Waals surface area contributed by atoms with Crippen molar-refractivity contribution in [1.82, 2.24) is 0 Å². The Labute approximate surface area is 88.4 Å². The lowest BCUT2D eigenvalue weighted by Crippen LogP contribution is -1.95. The van der Waals surface area contributed by atoms with Gasteiger partial charge < -0.3 is 19.9 Å². The maximum atomic E-state index is 10.9. The van der Waals surface area contributed by atoms with Gasteiger partial charge in [-0.1, -0.05) is 6.07 Å². The molecule has 1 aromatic carbocycles. The van der Waals surface area contributed by atoms with Gasteiger partial charge in [-0.15, -0.1) is 0 Å². The van der Waals surface area contributed by atoms with E-state index >= 15 is 0 Å². The molecule has 1 atom stereocenters. The van der Waals surface area contributed by atoms with E-state index in [0.29, 0.717) is 11.4 Å². The van der Waals surface area contributed by atoms with Gasteiger partial charge in [-0.2, -0.15) is 0 Å². The molecular formula is C9H14NO4P. The number of methoxy groups -OCH3 is 1. The topological polar surface area (TPSA) is 81.8 Å².